The SMILES string of the molecule is CCCCCC/C=C/CCCCCCCCCCCC(=O)O[C@H](COC(=O)/C=C/C=C/CCCCCCCCCCCCC)COP(=O)(O)OCCN. The number of allylic oxidation sites excluding steroid dienone is 5. The minimum absolute atomic E-state index is 0.0429. The van der Waals surface area contributed by atoms with Gasteiger partial charge >= 0.3 is 19.8 Å². The molecule has 2 atom stereocenters. The van der Waals surface area contributed by atoms with Gasteiger partial charge in [-0.05, 0) is 44.9 Å². The van der Waals surface area contributed by atoms with E-state index in [0.29, 0.717) is 6.42 Å². The molecule has 0 aliphatic heterocycles. The Morgan fingerprint density at radius 2 is 1.06 bits per heavy atom. The summed E-state index contributed by atoms with van der Waals surface area (Å²) >= 11 is 0. The van der Waals surface area contributed by atoms with Crippen LogP contribution in [-0.4, -0.2) is 49.3 Å². The Morgan fingerprint density at radius 3 is 1.57 bits per heavy atom. The van der Waals surface area contributed by atoms with Gasteiger partial charge in [0.05, 0.1) is 13.2 Å². The number of esters is 2. The number of ether oxygens (including phenoxy) is 2. The van der Waals surface area contributed by atoms with Crippen molar-refractivity contribution in [2.45, 2.75) is 200 Å². The van der Waals surface area contributed by atoms with Gasteiger partial charge in [-0.2, -0.15) is 0 Å². The molecular formula is C43H80NO8P. The second-order valence-corrected chi connectivity index (χ2v) is 15.7. The Kier molecular flexibility index (Phi) is 38.6. The maximum absolute atomic E-state index is 12.6. The van der Waals surface area contributed by atoms with Gasteiger partial charge in [0, 0.05) is 19.0 Å². The molecule has 1 unspecified atom stereocenters. The zero-order chi connectivity index (χ0) is 38.9. The topological polar surface area (TPSA) is 134 Å². The second kappa shape index (κ2) is 39.9. The second-order valence-electron chi connectivity index (χ2n) is 14.3. The Hall–Kier alpha value is -1.77. The first kappa shape index (κ1) is 51.2. The van der Waals surface area contributed by atoms with Crippen molar-refractivity contribution in [1.82, 2.24) is 0 Å². The summed E-state index contributed by atoms with van der Waals surface area (Å²) in [7, 11) is -4.39. The van der Waals surface area contributed by atoms with Crippen LogP contribution in [0.15, 0.2) is 36.5 Å². The lowest BCUT2D eigenvalue weighted by Crippen LogP contribution is -2.29. The zero-order valence-corrected chi connectivity index (χ0v) is 34.9. The summed E-state index contributed by atoms with van der Waals surface area (Å²) in [5.74, 6) is -1.08. The van der Waals surface area contributed by atoms with E-state index in [2.05, 4.69) is 26.0 Å². The van der Waals surface area contributed by atoms with E-state index < -0.39 is 32.5 Å². The van der Waals surface area contributed by atoms with E-state index in [-0.39, 0.29) is 26.2 Å². The fourth-order valence-electron chi connectivity index (χ4n) is 5.90. The summed E-state index contributed by atoms with van der Waals surface area (Å²) in [6.07, 6.45) is 43.7. The minimum Gasteiger partial charge on any atom is -0.458 e. The quantitative estimate of drug-likeness (QED) is 0.0156. The first-order valence-corrected chi connectivity index (χ1v) is 23.0. The molecule has 0 heterocycles. The summed E-state index contributed by atoms with van der Waals surface area (Å²) in [6.45, 7) is 3.60. The lowest BCUT2D eigenvalue weighted by molar-refractivity contribution is -0.159. The van der Waals surface area contributed by atoms with Gasteiger partial charge in [-0.3, -0.25) is 13.8 Å². The van der Waals surface area contributed by atoms with Crippen LogP contribution in [0.25, 0.3) is 0 Å². The standard InChI is InChI=1S/C43H80NO8P/c1-3-5-7-9-11-13-15-17-19-20-22-24-26-28-30-32-34-36-43(46)52-41(40-51-53(47,48)50-38-37-44)39-49-42(45)35-33-31-29-27-25-23-21-18-16-14-12-10-8-6-4-2/h13,15,29,31,33,35,41H,3-12,14,16-28,30,32,34,36-40,44H2,1-2H3,(H,47,48)/b15-13+,31-29+,35-33+/t41-/m1/s1. The molecule has 0 aromatic heterocycles. The van der Waals surface area contributed by atoms with Gasteiger partial charge in [-0.15, -0.1) is 0 Å². The molecule has 0 radical (unpaired) electrons. The van der Waals surface area contributed by atoms with Crippen molar-refractivity contribution in [2.75, 3.05) is 26.4 Å². The normalized spacial score (nSPS) is 13.7. The van der Waals surface area contributed by atoms with E-state index in [1.807, 2.05) is 12.2 Å². The monoisotopic (exact) mass is 770 g/mol. The fraction of sp³-hybridized carbons (Fsp3) is 0.814. The third kappa shape index (κ3) is 39.7. The lowest BCUT2D eigenvalue weighted by atomic mass is 10.1. The van der Waals surface area contributed by atoms with Gasteiger partial charge in [0.25, 0.3) is 0 Å². The molecule has 0 aromatic rings. The van der Waals surface area contributed by atoms with E-state index in [1.165, 1.54) is 141 Å². The van der Waals surface area contributed by atoms with Crippen LogP contribution in [0.2, 0.25) is 0 Å². The van der Waals surface area contributed by atoms with Gasteiger partial charge in [0.1, 0.15) is 6.61 Å². The number of nitrogens with two attached hydrogens (primary N) is 1. The highest BCUT2D eigenvalue weighted by Gasteiger charge is 2.25. The van der Waals surface area contributed by atoms with Crippen molar-refractivity contribution in [2.24, 2.45) is 5.73 Å². The molecule has 0 aliphatic carbocycles. The number of hydrogen-bond acceptors (Lipinski definition) is 8. The van der Waals surface area contributed by atoms with Crippen molar-refractivity contribution in [1.29, 1.82) is 0 Å². The van der Waals surface area contributed by atoms with E-state index in [4.69, 9.17) is 24.3 Å². The third-order valence-corrected chi connectivity index (χ3v) is 10.1. The Labute approximate surface area is 324 Å². The number of phosphoric acid groups is 1. The molecule has 0 fully saturated rings. The molecule has 0 rings (SSSR count). The molecule has 0 saturated carbocycles. The molecule has 0 aliphatic rings. The number of unbranched alkanes of at least 4 members (excludes halogenated alkanes) is 24. The molecule has 310 valence electrons. The van der Waals surface area contributed by atoms with Crippen LogP contribution in [0.5, 0.6) is 0 Å². The van der Waals surface area contributed by atoms with Crippen LogP contribution in [0, 0.1) is 0 Å². The molecule has 0 spiro atoms. The van der Waals surface area contributed by atoms with Gasteiger partial charge in [0.2, 0.25) is 0 Å². The molecule has 3 N–H and O–H groups in total. The maximum Gasteiger partial charge on any atom is 0.472 e. The summed E-state index contributed by atoms with van der Waals surface area (Å²) in [5.41, 5.74) is 5.34. The van der Waals surface area contributed by atoms with Gasteiger partial charge in [-0.25, -0.2) is 9.36 Å². The molecule has 10 heteroatoms. The summed E-state index contributed by atoms with van der Waals surface area (Å²) < 4.78 is 32.6. The zero-order valence-electron chi connectivity index (χ0n) is 34.0. The smallest absolute Gasteiger partial charge is 0.458 e. The summed E-state index contributed by atoms with van der Waals surface area (Å²) in [5, 5.41) is 0. The molecule has 0 saturated heterocycles. The van der Waals surface area contributed by atoms with E-state index >= 15 is 0 Å². The number of carbonyl (C=O) groups is 2. The highest BCUT2D eigenvalue weighted by Crippen LogP contribution is 2.43. The number of carbonyl (C=O) groups excluding carboxylic acids is 2. The summed E-state index contributed by atoms with van der Waals surface area (Å²) in [4.78, 5) is 34.7. The molecule has 0 bridgehead atoms. The average Bonchev–Trinajstić information content (AvgIpc) is 3.14. The van der Waals surface area contributed by atoms with Gasteiger partial charge in [0.15, 0.2) is 6.10 Å². The van der Waals surface area contributed by atoms with Crippen LogP contribution in [-0.2, 0) is 32.7 Å². The van der Waals surface area contributed by atoms with Crippen molar-refractivity contribution in [3.05, 3.63) is 36.5 Å². The molecular weight excluding hydrogens is 689 g/mol. The fourth-order valence-corrected chi connectivity index (χ4v) is 6.66. The van der Waals surface area contributed by atoms with Gasteiger partial charge in [-0.1, -0.05) is 173 Å². The molecule has 0 amide bonds. The highest BCUT2D eigenvalue weighted by atomic mass is 31.2. The Bertz CT molecular complexity index is 970. The first-order valence-electron chi connectivity index (χ1n) is 21.5. The predicted molar refractivity (Wildman–Crippen MR) is 220 cm³/mol. The minimum atomic E-state index is -4.39. The van der Waals surface area contributed by atoms with Crippen molar-refractivity contribution in [3.8, 4) is 0 Å². The van der Waals surface area contributed by atoms with Crippen LogP contribution < -0.4 is 5.73 Å². The highest BCUT2D eigenvalue weighted by molar-refractivity contribution is 7.47. The van der Waals surface area contributed by atoms with Crippen LogP contribution >= 0.6 is 7.82 Å². The molecule has 53 heavy (non-hydrogen) atoms. The van der Waals surface area contributed by atoms with Crippen LogP contribution in [0.3, 0.4) is 0 Å². The van der Waals surface area contributed by atoms with E-state index in [1.54, 1.807) is 6.08 Å². The lowest BCUT2D eigenvalue weighted by Gasteiger charge is -2.19. The Morgan fingerprint density at radius 1 is 0.604 bits per heavy atom. The Balaban J connectivity index is 4.24. The average molecular weight is 770 g/mol. The molecule has 9 nitrogen and oxygen atoms in total. The van der Waals surface area contributed by atoms with Gasteiger partial charge < -0.3 is 20.1 Å². The largest absolute Gasteiger partial charge is 0.472 e. The number of phosphoric ester groups is 1. The first-order chi connectivity index (χ1) is 25.8. The summed E-state index contributed by atoms with van der Waals surface area (Å²) in [6, 6.07) is 0. The van der Waals surface area contributed by atoms with E-state index in [0.717, 1.165) is 32.1 Å². The van der Waals surface area contributed by atoms with Crippen molar-refractivity contribution >= 4 is 19.8 Å². The number of hydrogen-bond donors (Lipinski definition) is 2. The maximum atomic E-state index is 12.6. The van der Waals surface area contributed by atoms with Crippen molar-refractivity contribution < 1.29 is 37.6 Å². The predicted octanol–water partition coefficient (Wildman–Crippen LogP) is 12.2. The van der Waals surface area contributed by atoms with E-state index in [9.17, 15) is 19.0 Å². The van der Waals surface area contributed by atoms with Crippen molar-refractivity contribution in [3.63, 3.8) is 0 Å². The van der Waals surface area contributed by atoms with Crippen LogP contribution in [0.4, 0.5) is 0 Å². The molecule has 0 aromatic carbocycles. The third-order valence-electron chi connectivity index (χ3n) is 9.10. The number of rotatable bonds is 40. The van der Waals surface area contributed by atoms with Crippen LogP contribution in [0.1, 0.15) is 194 Å².